The first-order chi connectivity index (χ1) is 20.8. The molecular formula is C32H43N3O9. The number of hydrogen-bond donors (Lipinski definition) is 2. The Bertz CT molecular complexity index is 1360. The minimum absolute atomic E-state index is 0.00613. The summed E-state index contributed by atoms with van der Waals surface area (Å²) in [5, 5.41) is 13.2. The highest BCUT2D eigenvalue weighted by Gasteiger charge is 2.32. The molecule has 0 saturated carbocycles. The second kappa shape index (κ2) is 15.4. The highest BCUT2D eigenvalue weighted by atomic mass is 16.6. The molecule has 1 aliphatic rings. The molecule has 0 radical (unpaired) electrons. The van der Waals surface area contributed by atoms with Crippen LogP contribution >= 0.6 is 0 Å². The zero-order chi connectivity index (χ0) is 32.4. The number of unbranched alkanes of at least 4 members (excludes halogenated alkanes) is 1. The summed E-state index contributed by atoms with van der Waals surface area (Å²) in [5.74, 6) is -2.43. The molecule has 2 N–H and O–H groups in total. The van der Waals surface area contributed by atoms with Crippen LogP contribution in [0.5, 0.6) is 5.75 Å². The Morgan fingerprint density at radius 2 is 1.68 bits per heavy atom. The summed E-state index contributed by atoms with van der Waals surface area (Å²) >= 11 is 0. The van der Waals surface area contributed by atoms with Gasteiger partial charge in [-0.05, 0) is 58.1 Å². The maximum atomic E-state index is 13.7. The van der Waals surface area contributed by atoms with Crippen LogP contribution in [0.2, 0.25) is 0 Å². The van der Waals surface area contributed by atoms with Gasteiger partial charge in [-0.25, -0.2) is 9.59 Å². The molecule has 12 nitrogen and oxygen atoms in total. The van der Waals surface area contributed by atoms with E-state index in [-0.39, 0.29) is 56.2 Å². The SMILES string of the molecule is CCCCOC(=O)N1CCN(C(=O)C(CCC(=O)OC(C)(C)C)NC(=O)c2cc(OCC(=O)O)c3ccc(C)cc3c2)CC1. The topological polar surface area (TPSA) is 152 Å². The van der Waals surface area contributed by atoms with Gasteiger partial charge in [0.1, 0.15) is 17.4 Å². The number of carboxylic acids is 1. The average molecular weight is 614 g/mol. The van der Waals surface area contributed by atoms with Crippen molar-refractivity contribution in [2.75, 3.05) is 39.4 Å². The maximum absolute atomic E-state index is 13.7. The number of carboxylic acid groups (broad SMARTS) is 1. The zero-order valence-corrected chi connectivity index (χ0v) is 26.1. The molecular weight excluding hydrogens is 570 g/mol. The van der Waals surface area contributed by atoms with E-state index in [2.05, 4.69) is 5.32 Å². The Morgan fingerprint density at radius 1 is 1.00 bits per heavy atom. The van der Waals surface area contributed by atoms with Crippen molar-refractivity contribution in [3.05, 3.63) is 41.5 Å². The Labute approximate surface area is 257 Å². The summed E-state index contributed by atoms with van der Waals surface area (Å²) in [5.41, 5.74) is 0.383. The molecule has 2 aromatic rings. The predicted octanol–water partition coefficient (Wildman–Crippen LogP) is 3.91. The second-order valence-corrected chi connectivity index (χ2v) is 11.8. The van der Waals surface area contributed by atoms with Crippen LogP contribution in [0.1, 0.15) is 69.3 Å². The average Bonchev–Trinajstić information content (AvgIpc) is 2.96. The zero-order valence-electron chi connectivity index (χ0n) is 26.1. The van der Waals surface area contributed by atoms with Gasteiger partial charge in [0.2, 0.25) is 5.91 Å². The number of piperazine rings is 1. The van der Waals surface area contributed by atoms with E-state index >= 15 is 0 Å². The van der Waals surface area contributed by atoms with Crippen LogP contribution in [0.15, 0.2) is 30.3 Å². The van der Waals surface area contributed by atoms with Crippen LogP contribution in [0.3, 0.4) is 0 Å². The van der Waals surface area contributed by atoms with Crippen molar-refractivity contribution in [2.24, 2.45) is 0 Å². The van der Waals surface area contributed by atoms with Crippen LogP contribution in [0, 0.1) is 6.92 Å². The van der Waals surface area contributed by atoms with Crippen molar-refractivity contribution in [2.45, 2.75) is 71.9 Å². The highest BCUT2D eigenvalue weighted by Crippen LogP contribution is 2.29. The first kappa shape index (κ1) is 34.1. The van der Waals surface area contributed by atoms with Crippen molar-refractivity contribution in [1.29, 1.82) is 0 Å². The lowest BCUT2D eigenvalue weighted by atomic mass is 10.0. The number of benzene rings is 2. The number of hydrogen-bond acceptors (Lipinski definition) is 8. The molecule has 3 rings (SSSR count). The Hall–Kier alpha value is -4.35. The number of aliphatic carboxylic acids is 1. The number of rotatable bonds is 12. The third kappa shape index (κ3) is 10.1. The maximum Gasteiger partial charge on any atom is 0.409 e. The van der Waals surface area contributed by atoms with Gasteiger partial charge in [-0.3, -0.25) is 14.4 Å². The van der Waals surface area contributed by atoms with E-state index < -0.39 is 42.2 Å². The molecule has 0 aromatic heterocycles. The van der Waals surface area contributed by atoms with Crippen LogP contribution < -0.4 is 10.1 Å². The Balaban J connectivity index is 1.80. The summed E-state index contributed by atoms with van der Waals surface area (Å²) in [6.45, 7) is 9.90. The van der Waals surface area contributed by atoms with E-state index in [4.69, 9.17) is 19.3 Å². The number of aryl methyl sites for hydroxylation is 1. The van der Waals surface area contributed by atoms with Crippen molar-refractivity contribution in [3.63, 3.8) is 0 Å². The first-order valence-electron chi connectivity index (χ1n) is 14.9. The van der Waals surface area contributed by atoms with E-state index in [0.717, 1.165) is 18.4 Å². The van der Waals surface area contributed by atoms with E-state index in [0.29, 0.717) is 17.4 Å². The Morgan fingerprint density at radius 3 is 2.32 bits per heavy atom. The molecule has 240 valence electrons. The smallest absolute Gasteiger partial charge is 0.409 e. The van der Waals surface area contributed by atoms with E-state index in [9.17, 15) is 24.0 Å². The van der Waals surface area contributed by atoms with Gasteiger partial charge < -0.3 is 34.4 Å². The number of fused-ring (bicyclic) bond motifs is 1. The number of amides is 3. The number of carbonyl (C=O) groups is 5. The summed E-state index contributed by atoms with van der Waals surface area (Å²) in [6, 6.07) is 7.51. The van der Waals surface area contributed by atoms with Crippen LogP contribution in [-0.2, 0) is 23.9 Å². The van der Waals surface area contributed by atoms with Gasteiger partial charge in [0.05, 0.1) is 6.61 Å². The van der Waals surface area contributed by atoms with Gasteiger partial charge in [0.15, 0.2) is 6.61 Å². The lowest BCUT2D eigenvalue weighted by molar-refractivity contribution is -0.155. The van der Waals surface area contributed by atoms with Crippen LogP contribution in [0.25, 0.3) is 10.8 Å². The van der Waals surface area contributed by atoms with Gasteiger partial charge in [-0.2, -0.15) is 0 Å². The lowest BCUT2D eigenvalue weighted by Gasteiger charge is -2.36. The van der Waals surface area contributed by atoms with E-state index in [1.54, 1.807) is 42.7 Å². The minimum Gasteiger partial charge on any atom is -0.481 e. The third-order valence-electron chi connectivity index (χ3n) is 6.92. The molecule has 44 heavy (non-hydrogen) atoms. The molecule has 1 heterocycles. The summed E-state index contributed by atoms with van der Waals surface area (Å²) in [4.78, 5) is 66.4. The summed E-state index contributed by atoms with van der Waals surface area (Å²) in [6.07, 6.45) is 1.14. The predicted molar refractivity (Wildman–Crippen MR) is 163 cm³/mol. The van der Waals surface area contributed by atoms with Crippen molar-refractivity contribution in [1.82, 2.24) is 15.1 Å². The van der Waals surface area contributed by atoms with Crippen LogP contribution in [0.4, 0.5) is 4.79 Å². The van der Waals surface area contributed by atoms with Gasteiger partial charge in [0, 0.05) is 43.5 Å². The minimum atomic E-state index is -1.16. The number of nitrogens with zero attached hydrogens (tertiary/aromatic N) is 2. The van der Waals surface area contributed by atoms with Crippen molar-refractivity contribution >= 4 is 40.6 Å². The number of carbonyl (C=O) groups excluding carboxylic acids is 4. The highest BCUT2D eigenvalue weighted by molar-refractivity contribution is 6.02. The third-order valence-corrected chi connectivity index (χ3v) is 6.92. The Kier molecular flexibility index (Phi) is 11.9. The molecule has 2 aromatic carbocycles. The molecule has 1 unspecified atom stereocenters. The van der Waals surface area contributed by atoms with Gasteiger partial charge in [-0.15, -0.1) is 0 Å². The summed E-state index contributed by atoms with van der Waals surface area (Å²) in [7, 11) is 0. The molecule has 1 atom stereocenters. The fourth-order valence-electron chi connectivity index (χ4n) is 4.72. The molecule has 3 amide bonds. The standard InChI is InChI=1S/C32H43N3O9/c1-6-7-16-42-31(41)35-14-12-34(13-15-35)30(40)25(10-11-28(38)44-32(3,4)5)33-29(39)23-18-22-17-21(2)8-9-24(22)26(19-23)43-20-27(36)37/h8-9,17-19,25H,6-7,10-16,20H2,1-5H3,(H,33,39)(H,36,37). The normalized spacial score (nSPS) is 14.1. The van der Waals surface area contributed by atoms with Crippen molar-refractivity contribution < 1.29 is 43.3 Å². The fraction of sp³-hybridized carbons (Fsp3) is 0.531. The largest absolute Gasteiger partial charge is 0.481 e. The van der Waals surface area contributed by atoms with E-state index in [1.807, 2.05) is 26.0 Å². The van der Waals surface area contributed by atoms with E-state index in [1.165, 1.54) is 6.07 Å². The fourth-order valence-corrected chi connectivity index (χ4v) is 4.72. The summed E-state index contributed by atoms with van der Waals surface area (Å²) < 4.78 is 16.2. The first-order valence-corrected chi connectivity index (χ1v) is 14.9. The number of ether oxygens (including phenoxy) is 3. The molecule has 0 bridgehead atoms. The van der Waals surface area contributed by atoms with Gasteiger partial charge in [0.25, 0.3) is 5.91 Å². The van der Waals surface area contributed by atoms with Gasteiger partial charge in [-0.1, -0.05) is 37.1 Å². The molecule has 0 aliphatic carbocycles. The molecule has 1 saturated heterocycles. The van der Waals surface area contributed by atoms with Gasteiger partial charge >= 0.3 is 18.0 Å². The number of esters is 1. The molecule has 1 aliphatic heterocycles. The molecule has 1 fully saturated rings. The van der Waals surface area contributed by atoms with Crippen molar-refractivity contribution in [3.8, 4) is 5.75 Å². The molecule has 12 heteroatoms. The quantitative estimate of drug-likeness (QED) is 0.268. The number of nitrogens with one attached hydrogen (secondary N) is 1. The monoisotopic (exact) mass is 613 g/mol. The lowest BCUT2D eigenvalue weighted by Crippen LogP contribution is -2.56. The molecule has 0 spiro atoms. The van der Waals surface area contributed by atoms with Crippen LogP contribution in [-0.4, -0.2) is 95.8 Å². The second-order valence-electron chi connectivity index (χ2n) is 11.8.